The molecule has 0 aliphatic heterocycles. The van der Waals surface area contributed by atoms with Crippen molar-refractivity contribution < 1.29 is 9.34 Å². The normalized spacial score (nSPS) is 14.2. The SMILES string of the molecule is O=[N+]([O-])c1ccc(C=C2CCCc3c(-c4ccccc4)cc(-c4ccccc4)[o+]c32)cc1. The summed E-state index contributed by atoms with van der Waals surface area (Å²) in [4.78, 5) is 10.6. The molecule has 4 heteroatoms. The highest BCUT2D eigenvalue weighted by molar-refractivity contribution is 5.86. The second-order valence-electron chi connectivity index (χ2n) is 7.94. The topological polar surface area (TPSA) is 54.4 Å². The average Bonchev–Trinajstić information content (AvgIpc) is 2.85. The van der Waals surface area contributed by atoms with Gasteiger partial charge in [-0.3, -0.25) is 10.1 Å². The van der Waals surface area contributed by atoms with Gasteiger partial charge in [0.15, 0.2) is 0 Å². The fourth-order valence-corrected chi connectivity index (χ4v) is 4.27. The third kappa shape index (κ3) is 3.95. The van der Waals surface area contributed by atoms with Crippen LogP contribution in [0.25, 0.3) is 34.1 Å². The molecule has 1 aliphatic rings. The zero-order valence-electron chi connectivity index (χ0n) is 17.5. The highest BCUT2D eigenvalue weighted by atomic mass is 16.6. The van der Waals surface area contributed by atoms with Crippen molar-refractivity contribution in [1.82, 2.24) is 0 Å². The number of non-ortho nitro benzene ring substituents is 1. The second-order valence-corrected chi connectivity index (χ2v) is 7.94. The molecule has 0 spiro atoms. The van der Waals surface area contributed by atoms with E-state index in [1.807, 2.05) is 24.3 Å². The van der Waals surface area contributed by atoms with Crippen molar-refractivity contribution >= 4 is 17.3 Å². The third-order valence-corrected chi connectivity index (χ3v) is 5.84. The molecule has 3 aromatic carbocycles. The lowest BCUT2D eigenvalue weighted by atomic mass is 9.86. The van der Waals surface area contributed by atoms with Gasteiger partial charge >= 0.3 is 11.5 Å². The molecule has 0 saturated heterocycles. The first-order valence-corrected chi connectivity index (χ1v) is 10.8. The Morgan fingerprint density at radius 3 is 2.12 bits per heavy atom. The maximum absolute atomic E-state index is 11.0. The van der Waals surface area contributed by atoms with Crippen molar-refractivity contribution in [2.75, 3.05) is 0 Å². The predicted molar refractivity (Wildman–Crippen MR) is 128 cm³/mol. The summed E-state index contributed by atoms with van der Waals surface area (Å²) in [7, 11) is 0. The smallest absolute Gasteiger partial charge is 0.258 e. The molecule has 1 aliphatic carbocycles. The lowest BCUT2D eigenvalue weighted by molar-refractivity contribution is -0.384. The van der Waals surface area contributed by atoms with Crippen LogP contribution in [-0.2, 0) is 6.42 Å². The van der Waals surface area contributed by atoms with E-state index in [0.29, 0.717) is 0 Å². The van der Waals surface area contributed by atoms with Crippen molar-refractivity contribution in [3.05, 3.63) is 118 Å². The number of benzene rings is 3. The summed E-state index contributed by atoms with van der Waals surface area (Å²) >= 11 is 0. The molecule has 1 heterocycles. The molecular formula is C28H22NO3+. The number of allylic oxidation sites excluding steroid dienone is 1. The Bertz CT molecular complexity index is 1290. The van der Waals surface area contributed by atoms with Gasteiger partial charge in [-0.05, 0) is 60.7 Å². The zero-order chi connectivity index (χ0) is 21.9. The Hall–Kier alpha value is -4.05. The lowest BCUT2D eigenvalue weighted by Gasteiger charge is -2.15. The molecule has 0 unspecified atom stereocenters. The van der Waals surface area contributed by atoms with Crippen molar-refractivity contribution in [3.8, 4) is 22.5 Å². The minimum atomic E-state index is -0.375. The molecule has 0 saturated carbocycles. The Morgan fingerprint density at radius 1 is 0.812 bits per heavy atom. The minimum absolute atomic E-state index is 0.0959. The standard InChI is InChI=1S/C28H22NO3/c30-29(31)24-16-14-20(15-17-24)18-23-12-7-13-25-26(21-8-3-1-4-9-21)19-27(32-28(23)25)22-10-5-2-6-11-22/h1-6,8-11,14-19H,7,12-13H2/q+1. The van der Waals surface area contributed by atoms with Crippen molar-refractivity contribution in [3.63, 3.8) is 0 Å². The second kappa shape index (κ2) is 8.60. The molecule has 5 rings (SSSR count). The largest absolute Gasteiger partial charge is 0.361 e. The number of nitrogens with zero attached hydrogens (tertiary/aromatic N) is 1. The molecule has 4 nitrogen and oxygen atoms in total. The third-order valence-electron chi connectivity index (χ3n) is 5.84. The number of hydrogen-bond donors (Lipinski definition) is 0. The van der Waals surface area contributed by atoms with Crippen LogP contribution < -0.4 is 0 Å². The summed E-state index contributed by atoms with van der Waals surface area (Å²) in [5.41, 5.74) is 6.77. The van der Waals surface area contributed by atoms with Gasteiger partial charge in [-0.2, -0.15) is 0 Å². The molecule has 4 aromatic rings. The molecule has 32 heavy (non-hydrogen) atoms. The number of fused-ring (bicyclic) bond motifs is 1. The van der Waals surface area contributed by atoms with Crippen molar-refractivity contribution in [1.29, 1.82) is 0 Å². The summed E-state index contributed by atoms with van der Waals surface area (Å²) in [6, 6.07) is 29.4. The Balaban J connectivity index is 1.67. The molecule has 0 fully saturated rings. The fourth-order valence-electron chi connectivity index (χ4n) is 4.27. The van der Waals surface area contributed by atoms with Gasteiger partial charge in [-0.15, -0.1) is 0 Å². The zero-order valence-corrected chi connectivity index (χ0v) is 17.5. The van der Waals surface area contributed by atoms with Gasteiger partial charge in [-0.25, -0.2) is 4.42 Å². The van der Waals surface area contributed by atoms with Gasteiger partial charge in [0.1, 0.15) is 0 Å². The Kier molecular flexibility index (Phi) is 5.34. The summed E-state index contributed by atoms with van der Waals surface area (Å²) in [5, 5.41) is 11.0. The summed E-state index contributed by atoms with van der Waals surface area (Å²) < 4.78 is 6.52. The maximum atomic E-state index is 11.0. The Labute approximate surface area is 186 Å². The highest BCUT2D eigenvalue weighted by Gasteiger charge is 2.31. The van der Waals surface area contributed by atoms with Crippen LogP contribution in [0.3, 0.4) is 0 Å². The van der Waals surface area contributed by atoms with Gasteiger partial charge in [-0.1, -0.05) is 48.5 Å². The van der Waals surface area contributed by atoms with Crippen LogP contribution in [0.4, 0.5) is 5.69 Å². The van der Waals surface area contributed by atoms with Crippen molar-refractivity contribution in [2.45, 2.75) is 19.3 Å². The molecule has 0 bridgehead atoms. The molecule has 0 atom stereocenters. The van der Waals surface area contributed by atoms with Crippen LogP contribution in [0.15, 0.2) is 95.4 Å². The quantitative estimate of drug-likeness (QED) is 0.193. The number of hydrogen-bond acceptors (Lipinski definition) is 2. The van der Waals surface area contributed by atoms with E-state index in [-0.39, 0.29) is 10.6 Å². The van der Waals surface area contributed by atoms with E-state index in [4.69, 9.17) is 4.42 Å². The molecule has 0 radical (unpaired) electrons. The number of rotatable bonds is 4. The van der Waals surface area contributed by atoms with Crippen LogP contribution in [0.2, 0.25) is 0 Å². The van der Waals surface area contributed by atoms with E-state index < -0.39 is 0 Å². The van der Waals surface area contributed by atoms with Crippen LogP contribution in [0, 0.1) is 10.1 Å². The van der Waals surface area contributed by atoms with Gasteiger partial charge in [0.25, 0.3) is 5.69 Å². The molecule has 0 N–H and O–H groups in total. The van der Waals surface area contributed by atoms with E-state index in [1.54, 1.807) is 24.3 Å². The number of nitro benzene ring substituents is 1. The van der Waals surface area contributed by atoms with E-state index in [2.05, 4.69) is 48.5 Å². The highest BCUT2D eigenvalue weighted by Crippen LogP contribution is 2.41. The van der Waals surface area contributed by atoms with Gasteiger partial charge in [0, 0.05) is 17.7 Å². The van der Waals surface area contributed by atoms with Gasteiger partial charge in [0.05, 0.1) is 27.7 Å². The fraction of sp³-hybridized carbons (Fsp3) is 0.107. The summed E-state index contributed by atoms with van der Waals surface area (Å²) in [6.07, 6.45) is 4.98. The molecule has 1 aromatic heterocycles. The first-order chi connectivity index (χ1) is 15.7. The van der Waals surface area contributed by atoms with Crippen LogP contribution in [0.5, 0.6) is 0 Å². The first-order valence-electron chi connectivity index (χ1n) is 10.8. The van der Waals surface area contributed by atoms with Crippen LogP contribution in [0.1, 0.15) is 29.7 Å². The monoisotopic (exact) mass is 420 g/mol. The van der Waals surface area contributed by atoms with Crippen LogP contribution >= 0.6 is 0 Å². The first kappa shape index (κ1) is 19.9. The minimum Gasteiger partial charge on any atom is -0.258 e. The van der Waals surface area contributed by atoms with Gasteiger partial charge < -0.3 is 0 Å². The lowest BCUT2D eigenvalue weighted by Crippen LogP contribution is -2.05. The van der Waals surface area contributed by atoms with E-state index in [0.717, 1.165) is 47.5 Å². The predicted octanol–water partition coefficient (Wildman–Crippen LogP) is 7.68. The van der Waals surface area contributed by atoms with Crippen LogP contribution in [-0.4, -0.2) is 4.92 Å². The average molecular weight is 420 g/mol. The number of nitro groups is 1. The maximum Gasteiger partial charge on any atom is 0.361 e. The molecular weight excluding hydrogens is 398 g/mol. The van der Waals surface area contributed by atoms with Crippen molar-refractivity contribution in [2.24, 2.45) is 0 Å². The van der Waals surface area contributed by atoms with E-state index >= 15 is 0 Å². The summed E-state index contributed by atoms with van der Waals surface area (Å²) in [6.45, 7) is 0. The van der Waals surface area contributed by atoms with E-state index in [9.17, 15) is 10.1 Å². The van der Waals surface area contributed by atoms with Gasteiger partial charge in [0.2, 0.25) is 0 Å². The molecule has 156 valence electrons. The molecule has 0 amide bonds. The Morgan fingerprint density at radius 2 is 1.47 bits per heavy atom. The van der Waals surface area contributed by atoms with E-state index in [1.165, 1.54) is 16.7 Å². The summed E-state index contributed by atoms with van der Waals surface area (Å²) in [5.74, 6) is 1.74.